The number of benzene rings is 2. The van der Waals surface area contributed by atoms with E-state index < -0.39 is 5.97 Å². The van der Waals surface area contributed by atoms with Crippen molar-refractivity contribution in [2.45, 2.75) is 6.92 Å². The van der Waals surface area contributed by atoms with Gasteiger partial charge in [-0.25, -0.2) is 4.79 Å². The molecule has 23 heavy (non-hydrogen) atoms. The summed E-state index contributed by atoms with van der Waals surface area (Å²) in [4.78, 5) is 25.6. The maximum absolute atomic E-state index is 12.7. The highest BCUT2D eigenvalue weighted by Gasteiger charge is 2.18. The first-order valence-electron chi connectivity index (χ1n) is 7.34. The van der Waals surface area contributed by atoms with Crippen molar-refractivity contribution in [1.82, 2.24) is 0 Å². The van der Waals surface area contributed by atoms with Gasteiger partial charge in [-0.3, -0.25) is 4.79 Å². The van der Waals surface area contributed by atoms with Crippen LogP contribution in [0, 0.1) is 0 Å². The number of carbonyl (C=O) groups excluding carboxylic acids is 2. The summed E-state index contributed by atoms with van der Waals surface area (Å²) in [6.07, 6.45) is 0. The third-order valence-corrected chi connectivity index (χ3v) is 3.22. The number of carbonyl (C=O) groups is 2. The molecule has 5 heteroatoms. The maximum Gasteiger partial charge on any atom is 0.344 e. The molecule has 1 amide bonds. The van der Waals surface area contributed by atoms with E-state index in [-0.39, 0.29) is 12.5 Å². The monoisotopic (exact) mass is 313 g/mol. The van der Waals surface area contributed by atoms with Crippen LogP contribution in [0.1, 0.15) is 17.3 Å². The molecule has 5 nitrogen and oxygen atoms in total. The molecule has 0 aliphatic rings. The molecule has 0 atom stereocenters. The lowest BCUT2D eigenvalue weighted by atomic mass is 10.1. The maximum atomic E-state index is 12.7. The molecule has 0 aromatic heterocycles. The zero-order valence-corrected chi connectivity index (χ0v) is 13.2. The predicted octanol–water partition coefficient (Wildman–Crippen LogP) is 2.91. The average Bonchev–Trinajstić information content (AvgIpc) is 2.60. The number of para-hydroxylation sites is 2. The number of nitrogens with zero attached hydrogens (tertiary/aromatic N) is 1. The van der Waals surface area contributed by atoms with Gasteiger partial charge < -0.3 is 14.4 Å². The molecule has 0 saturated carbocycles. The number of amides is 1. The van der Waals surface area contributed by atoms with Gasteiger partial charge in [0.1, 0.15) is 5.75 Å². The van der Waals surface area contributed by atoms with Crippen LogP contribution in [0.3, 0.4) is 0 Å². The zero-order valence-electron chi connectivity index (χ0n) is 13.2. The van der Waals surface area contributed by atoms with Gasteiger partial charge in [-0.05, 0) is 31.2 Å². The van der Waals surface area contributed by atoms with Crippen LogP contribution in [0.5, 0.6) is 5.75 Å². The summed E-state index contributed by atoms with van der Waals surface area (Å²) in [7, 11) is 1.69. The Bertz CT molecular complexity index is 670. The fraction of sp³-hybridized carbons (Fsp3) is 0.222. The van der Waals surface area contributed by atoms with Crippen molar-refractivity contribution in [3.05, 3.63) is 60.2 Å². The molecule has 0 spiro atoms. The number of anilines is 1. The Labute approximate surface area is 135 Å². The minimum Gasteiger partial charge on any atom is -0.481 e. The van der Waals surface area contributed by atoms with E-state index in [9.17, 15) is 9.59 Å². The first-order valence-corrected chi connectivity index (χ1v) is 7.34. The van der Waals surface area contributed by atoms with Crippen molar-refractivity contribution in [3.63, 3.8) is 0 Å². The summed E-state index contributed by atoms with van der Waals surface area (Å²) in [6, 6.07) is 16.1. The van der Waals surface area contributed by atoms with E-state index in [0.29, 0.717) is 17.9 Å². The van der Waals surface area contributed by atoms with Gasteiger partial charge in [0.2, 0.25) is 0 Å². The molecule has 0 heterocycles. The molecule has 0 aliphatic heterocycles. The summed E-state index contributed by atoms with van der Waals surface area (Å²) >= 11 is 0. The van der Waals surface area contributed by atoms with E-state index in [1.807, 2.05) is 30.3 Å². The Morgan fingerprint density at radius 2 is 1.65 bits per heavy atom. The highest BCUT2D eigenvalue weighted by Crippen LogP contribution is 2.22. The molecule has 0 bridgehead atoms. The predicted molar refractivity (Wildman–Crippen MR) is 87.7 cm³/mol. The molecular formula is C18H19NO4. The van der Waals surface area contributed by atoms with Crippen LogP contribution in [0.25, 0.3) is 0 Å². The van der Waals surface area contributed by atoms with Crippen molar-refractivity contribution in [2.75, 3.05) is 25.2 Å². The molecule has 0 unspecified atom stereocenters. The number of hydrogen-bond donors (Lipinski definition) is 0. The molecule has 0 saturated heterocycles. The number of rotatable bonds is 6. The van der Waals surface area contributed by atoms with Crippen LogP contribution >= 0.6 is 0 Å². The van der Waals surface area contributed by atoms with Gasteiger partial charge in [-0.15, -0.1) is 0 Å². The smallest absolute Gasteiger partial charge is 0.344 e. The van der Waals surface area contributed by atoms with Crippen LogP contribution in [-0.2, 0) is 9.53 Å². The van der Waals surface area contributed by atoms with Gasteiger partial charge in [0.15, 0.2) is 6.61 Å². The average molecular weight is 313 g/mol. The lowest BCUT2D eigenvalue weighted by molar-refractivity contribution is -0.145. The summed E-state index contributed by atoms with van der Waals surface area (Å²) in [5, 5.41) is 0. The van der Waals surface area contributed by atoms with Gasteiger partial charge in [0.05, 0.1) is 12.2 Å². The molecule has 2 aromatic carbocycles. The highest BCUT2D eigenvalue weighted by molar-refractivity contribution is 6.07. The standard InChI is InChI=1S/C18H19NO4/c1-3-22-17(20)13-23-16-12-8-7-11-15(16)18(21)19(2)14-9-5-4-6-10-14/h4-12H,3,13H2,1-2H3. The summed E-state index contributed by atoms with van der Waals surface area (Å²) in [5.41, 5.74) is 1.17. The van der Waals surface area contributed by atoms with Crippen molar-refractivity contribution in [2.24, 2.45) is 0 Å². The molecule has 0 fully saturated rings. The van der Waals surface area contributed by atoms with Crippen molar-refractivity contribution >= 4 is 17.6 Å². The van der Waals surface area contributed by atoms with Crippen LogP contribution in [0.15, 0.2) is 54.6 Å². The lowest BCUT2D eigenvalue weighted by Gasteiger charge is -2.19. The number of hydrogen-bond acceptors (Lipinski definition) is 4. The molecule has 0 N–H and O–H groups in total. The highest BCUT2D eigenvalue weighted by atomic mass is 16.6. The van der Waals surface area contributed by atoms with Gasteiger partial charge in [-0.1, -0.05) is 30.3 Å². The molecule has 0 aliphatic carbocycles. The van der Waals surface area contributed by atoms with E-state index in [1.54, 1.807) is 38.2 Å². The SMILES string of the molecule is CCOC(=O)COc1ccccc1C(=O)N(C)c1ccccc1. The molecule has 120 valence electrons. The number of ether oxygens (including phenoxy) is 2. The van der Waals surface area contributed by atoms with Gasteiger partial charge in [0, 0.05) is 12.7 Å². The quantitative estimate of drug-likeness (QED) is 0.770. The fourth-order valence-electron chi connectivity index (χ4n) is 2.06. The minimum atomic E-state index is -0.467. The van der Waals surface area contributed by atoms with Gasteiger partial charge >= 0.3 is 5.97 Å². The second-order valence-electron chi connectivity index (χ2n) is 4.79. The molecular weight excluding hydrogens is 294 g/mol. The molecule has 2 aromatic rings. The first kappa shape index (κ1) is 16.5. The van der Waals surface area contributed by atoms with Crippen LogP contribution in [0.4, 0.5) is 5.69 Å². The van der Waals surface area contributed by atoms with E-state index >= 15 is 0 Å². The van der Waals surface area contributed by atoms with Crippen molar-refractivity contribution < 1.29 is 19.1 Å². The summed E-state index contributed by atoms with van der Waals surface area (Å²) < 4.78 is 10.3. The summed E-state index contributed by atoms with van der Waals surface area (Å²) in [5.74, 6) is -0.324. The topological polar surface area (TPSA) is 55.8 Å². The Kier molecular flexibility index (Phi) is 5.74. The van der Waals surface area contributed by atoms with E-state index in [1.165, 1.54) is 4.90 Å². The summed E-state index contributed by atoms with van der Waals surface area (Å²) in [6.45, 7) is 1.79. The zero-order chi connectivity index (χ0) is 16.7. The number of esters is 1. The second kappa shape index (κ2) is 7.98. The molecule has 0 radical (unpaired) electrons. The fourth-order valence-corrected chi connectivity index (χ4v) is 2.06. The molecule has 2 rings (SSSR count). The normalized spacial score (nSPS) is 10.0. The Balaban J connectivity index is 2.16. The van der Waals surface area contributed by atoms with Gasteiger partial charge in [-0.2, -0.15) is 0 Å². The van der Waals surface area contributed by atoms with Crippen molar-refractivity contribution in [3.8, 4) is 5.75 Å². The lowest BCUT2D eigenvalue weighted by Crippen LogP contribution is -2.27. The second-order valence-corrected chi connectivity index (χ2v) is 4.79. The van der Waals surface area contributed by atoms with E-state index in [4.69, 9.17) is 9.47 Å². The largest absolute Gasteiger partial charge is 0.481 e. The third-order valence-electron chi connectivity index (χ3n) is 3.22. The Morgan fingerprint density at radius 1 is 1.00 bits per heavy atom. The van der Waals surface area contributed by atoms with Crippen LogP contribution < -0.4 is 9.64 Å². The van der Waals surface area contributed by atoms with E-state index in [2.05, 4.69) is 0 Å². The van der Waals surface area contributed by atoms with E-state index in [0.717, 1.165) is 5.69 Å². The van der Waals surface area contributed by atoms with Crippen molar-refractivity contribution in [1.29, 1.82) is 0 Å². The minimum absolute atomic E-state index is 0.212. The van der Waals surface area contributed by atoms with Crippen LogP contribution in [-0.4, -0.2) is 32.1 Å². The third kappa shape index (κ3) is 4.32. The Hall–Kier alpha value is -2.82. The Morgan fingerprint density at radius 3 is 2.35 bits per heavy atom. The van der Waals surface area contributed by atoms with Crippen LogP contribution in [0.2, 0.25) is 0 Å². The van der Waals surface area contributed by atoms with Gasteiger partial charge in [0.25, 0.3) is 5.91 Å². The first-order chi connectivity index (χ1) is 11.1.